The van der Waals surface area contributed by atoms with Gasteiger partial charge in [-0.3, -0.25) is 9.59 Å². The van der Waals surface area contributed by atoms with Crippen LogP contribution in [0.3, 0.4) is 0 Å². The molecule has 1 aliphatic rings. The second-order valence-corrected chi connectivity index (χ2v) is 6.09. The molecule has 1 N–H and O–H groups in total. The normalized spacial score (nSPS) is 19.7. The average Bonchev–Trinajstić information content (AvgIpc) is 3.23. The lowest BCUT2D eigenvalue weighted by Crippen LogP contribution is -2.36. The fourth-order valence-electron chi connectivity index (χ4n) is 2.77. The number of nitrogens with zero attached hydrogens (tertiary/aromatic N) is 1. The molecule has 114 valence electrons. The first kappa shape index (κ1) is 14.6. The SMILES string of the molecule is C[C@@H]1C[C@H]1C(=O)N(C)CC(=O)Nc1cccc2ccccc12. The molecule has 1 aliphatic carbocycles. The molecule has 1 fully saturated rings. The van der Waals surface area contributed by atoms with Crippen molar-refractivity contribution in [3.05, 3.63) is 42.5 Å². The van der Waals surface area contributed by atoms with Gasteiger partial charge in [-0.15, -0.1) is 0 Å². The molecule has 0 saturated heterocycles. The lowest BCUT2D eigenvalue weighted by Gasteiger charge is -2.17. The molecule has 2 amide bonds. The van der Waals surface area contributed by atoms with Gasteiger partial charge in [-0.05, 0) is 23.8 Å². The molecule has 4 heteroatoms. The largest absolute Gasteiger partial charge is 0.336 e. The number of nitrogens with one attached hydrogen (secondary N) is 1. The summed E-state index contributed by atoms with van der Waals surface area (Å²) in [5, 5.41) is 4.99. The van der Waals surface area contributed by atoms with Gasteiger partial charge >= 0.3 is 0 Å². The summed E-state index contributed by atoms with van der Waals surface area (Å²) in [5.41, 5.74) is 0.781. The predicted molar refractivity (Wildman–Crippen MR) is 87.5 cm³/mol. The van der Waals surface area contributed by atoms with Crippen molar-refractivity contribution < 1.29 is 9.59 Å². The molecular formula is C18H20N2O2. The van der Waals surface area contributed by atoms with Gasteiger partial charge in [0.1, 0.15) is 0 Å². The summed E-state index contributed by atoms with van der Waals surface area (Å²) in [4.78, 5) is 25.8. The summed E-state index contributed by atoms with van der Waals surface area (Å²) < 4.78 is 0. The van der Waals surface area contributed by atoms with E-state index in [9.17, 15) is 9.59 Å². The number of carbonyl (C=O) groups is 2. The van der Waals surface area contributed by atoms with Crippen LogP contribution in [-0.2, 0) is 9.59 Å². The van der Waals surface area contributed by atoms with Crippen molar-refractivity contribution in [2.24, 2.45) is 11.8 Å². The van der Waals surface area contributed by atoms with Gasteiger partial charge in [0, 0.05) is 24.0 Å². The van der Waals surface area contributed by atoms with E-state index in [0.29, 0.717) is 5.92 Å². The Balaban J connectivity index is 1.67. The third kappa shape index (κ3) is 2.96. The molecule has 2 aromatic carbocycles. The van der Waals surface area contributed by atoms with Gasteiger partial charge in [-0.2, -0.15) is 0 Å². The first-order chi connectivity index (χ1) is 10.6. The smallest absolute Gasteiger partial charge is 0.244 e. The van der Waals surface area contributed by atoms with Crippen molar-refractivity contribution >= 4 is 28.3 Å². The minimum Gasteiger partial charge on any atom is -0.336 e. The van der Waals surface area contributed by atoms with Crippen LogP contribution in [0.2, 0.25) is 0 Å². The summed E-state index contributed by atoms with van der Waals surface area (Å²) in [7, 11) is 1.69. The second kappa shape index (κ2) is 5.79. The molecule has 0 aliphatic heterocycles. The molecular weight excluding hydrogens is 276 g/mol. The fourth-order valence-corrected chi connectivity index (χ4v) is 2.77. The number of fused-ring (bicyclic) bond motifs is 1. The first-order valence-electron chi connectivity index (χ1n) is 7.59. The molecule has 22 heavy (non-hydrogen) atoms. The van der Waals surface area contributed by atoms with E-state index in [2.05, 4.69) is 12.2 Å². The lowest BCUT2D eigenvalue weighted by atomic mass is 10.1. The van der Waals surface area contributed by atoms with Gasteiger partial charge in [0.15, 0.2) is 0 Å². The summed E-state index contributed by atoms with van der Waals surface area (Å²) in [6.45, 7) is 2.15. The second-order valence-electron chi connectivity index (χ2n) is 6.09. The molecule has 0 bridgehead atoms. The van der Waals surface area contributed by atoms with Crippen LogP contribution in [-0.4, -0.2) is 30.3 Å². The summed E-state index contributed by atoms with van der Waals surface area (Å²) in [6.07, 6.45) is 0.939. The maximum atomic E-state index is 12.2. The van der Waals surface area contributed by atoms with Crippen molar-refractivity contribution in [2.45, 2.75) is 13.3 Å². The predicted octanol–water partition coefficient (Wildman–Crippen LogP) is 2.89. The molecule has 2 aromatic rings. The zero-order chi connectivity index (χ0) is 15.7. The number of hydrogen-bond acceptors (Lipinski definition) is 2. The molecule has 0 heterocycles. The van der Waals surface area contributed by atoms with Gasteiger partial charge in [-0.25, -0.2) is 0 Å². The molecule has 0 radical (unpaired) electrons. The molecule has 0 aromatic heterocycles. The number of likely N-dealkylation sites (N-methyl/N-ethyl adjacent to an activating group) is 1. The third-order valence-electron chi connectivity index (χ3n) is 4.25. The number of hydrogen-bond donors (Lipinski definition) is 1. The van der Waals surface area contributed by atoms with Gasteiger partial charge in [-0.1, -0.05) is 43.3 Å². The van der Waals surface area contributed by atoms with Crippen molar-refractivity contribution in [2.75, 3.05) is 18.9 Å². The Hall–Kier alpha value is -2.36. The first-order valence-corrected chi connectivity index (χ1v) is 7.59. The van der Waals surface area contributed by atoms with Crippen molar-refractivity contribution in [1.29, 1.82) is 0 Å². The number of benzene rings is 2. The maximum absolute atomic E-state index is 12.2. The van der Waals surface area contributed by atoms with Gasteiger partial charge in [0.05, 0.1) is 6.54 Å². The highest BCUT2D eigenvalue weighted by Crippen LogP contribution is 2.38. The zero-order valence-corrected chi connectivity index (χ0v) is 12.9. The minimum absolute atomic E-state index is 0.0700. The van der Waals surface area contributed by atoms with Crippen LogP contribution in [0, 0.1) is 11.8 Å². The van der Waals surface area contributed by atoms with Crippen molar-refractivity contribution in [3.63, 3.8) is 0 Å². The molecule has 4 nitrogen and oxygen atoms in total. The van der Waals surface area contributed by atoms with Crippen LogP contribution in [0.25, 0.3) is 10.8 Å². The Kier molecular flexibility index (Phi) is 3.84. The van der Waals surface area contributed by atoms with E-state index in [1.807, 2.05) is 42.5 Å². The monoisotopic (exact) mass is 296 g/mol. The fraction of sp³-hybridized carbons (Fsp3) is 0.333. The van der Waals surface area contributed by atoms with E-state index in [-0.39, 0.29) is 24.3 Å². The van der Waals surface area contributed by atoms with Crippen LogP contribution >= 0.6 is 0 Å². The molecule has 3 rings (SSSR count). The van der Waals surface area contributed by atoms with Crippen LogP contribution in [0.1, 0.15) is 13.3 Å². The van der Waals surface area contributed by atoms with Gasteiger partial charge in [0.2, 0.25) is 11.8 Å². The molecule has 2 atom stereocenters. The van der Waals surface area contributed by atoms with Crippen LogP contribution < -0.4 is 5.32 Å². The summed E-state index contributed by atoms with van der Waals surface area (Å²) in [5.74, 6) is 0.465. The van der Waals surface area contributed by atoms with E-state index in [1.165, 1.54) is 4.90 Å². The molecule has 1 saturated carbocycles. The van der Waals surface area contributed by atoms with Crippen molar-refractivity contribution in [3.8, 4) is 0 Å². The highest BCUT2D eigenvalue weighted by Gasteiger charge is 2.40. The Morgan fingerprint density at radius 3 is 2.59 bits per heavy atom. The maximum Gasteiger partial charge on any atom is 0.244 e. The van der Waals surface area contributed by atoms with E-state index in [1.54, 1.807) is 7.05 Å². The van der Waals surface area contributed by atoms with Gasteiger partial charge in [0.25, 0.3) is 0 Å². The van der Waals surface area contributed by atoms with Gasteiger partial charge < -0.3 is 10.2 Å². The number of carbonyl (C=O) groups excluding carboxylic acids is 2. The Morgan fingerprint density at radius 2 is 1.86 bits per heavy atom. The van der Waals surface area contributed by atoms with E-state index >= 15 is 0 Å². The standard InChI is InChI=1S/C18H20N2O2/c1-12-10-15(12)18(22)20(2)11-17(21)19-16-9-5-7-13-6-3-4-8-14(13)16/h3-9,12,15H,10-11H2,1-2H3,(H,19,21)/t12-,15-/m1/s1. The Bertz CT molecular complexity index is 721. The quantitative estimate of drug-likeness (QED) is 0.943. The molecule has 0 spiro atoms. The Labute approximate surface area is 130 Å². The highest BCUT2D eigenvalue weighted by atomic mass is 16.2. The van der Waals surface area contributed by atoms with E-state index < -0.39 is 0 Å². The third-order valence-corrected chi connectivity index (χ3v) is 4.25. The van der Waals surface area contributed by atoms with Crippen LogP contribution in [0.15, 0.2) is 42.5 Å². The van der Waals surface area contributed by atoms with Crippen LogP contribution in [0.5, 0.6) is 0 Å². The van der Waals surface area contributed by atoms with Crippen molar-refractivity contribution in [1.82, 2.24) is 4.90 Å². The molecule has 0 unspecified atom stereocenters. The van der Waals surface area contributed by atoms with Crippen LogP contribution in [0.4, 0.5) is 5.69 Å². The van der Waals surface area contributed by atoms with E-state index in [4.69, 9.17) is 0 Å². The number of rotatable bonds is 4. The number of amides is 2. The number of anilines is 1. The minimum atomic E-state index is -0.166. The average molecular weight is 296 g/mol. The highest BCUT2D eigenvalue weighted by molar-refractivity contribution is 6.03. The van der Waals surface area contributed by atoms with E-state index in [0.717, 1.165) is 22.9 Å². The zero-order valence-electron chi connectivity index (χ0n) is 12.9. The summed E-state index contributed by atoms with van der Waals surface area (Å²) >= 11 is 0. The topological polar surface area (TPSA) is 49.4 Å². The lowest BCUT2D eigenvalue weighted by molar-refractivity contribution is -0.134. The Morgan fingerprint density at radius 1 is 1.18 bits per heavy atom. The summed E-state index contributed by atoms with van der Waals surface area (Å²) in [6, 6.07) is 13.7.